The van der Waals surface area contributed by atoms with Gasteiger partial charge in [-0.1, -0.05) is 42.1 Å². The van der Waals surface area contributed by atoms with Crippen molar-refractivity contribution >= 4 is 24.0 Å². The van der Waals surface area contributed by atoms with E-state index in [-0.39, 0.29) is 0 Å². The van der Waals surface area contributed by atoms with E-state index < -0.39 is 8.07 Å². The average molecular weight is 191 g/mol. The van der Waals surface area contributed by atoms with Crippen LogP contribution in [0.4, 0.5) is 0 Å². The third-order valence-corrected chi connectivity index (χ3v) is 6.16. The summed E-state index contributed by atoms with van der Waals surface area (Å²) in [5.41, 5.74) is 2.85. The van der Waals surface area contributed by atoms with Crippen molar-refractivity contribution in [3.8, 4) is 0 Å². The highest BCUT2D eigenvalue weighted by Crippen LogP contribution is 2.18. The Kier molecular flexibility index (Phi) is 2.74. The normalized spacial score (nSPS) is 10.5. The zero-order valence-electron chi connectivity index (χ0n) is 5.59. The molecule has 0 aromatic carbocycles. The van der Waals surface area contributed by atoms with E-state index in [1.807, 2.05) is 0 Å². The lowest BCUT2D eigenvalue weighted by atomic mass is 11.0. The quantitative estimate of drug-likeness (QED) is 0.441. The van der Waals surface area contributed by atoms with Crippen molar-refractivity contribution in [2.24, 2.45) is 0 Å². The first-order valence-corrected chi connectivity index (χ1v) is 6.84. The van der Waals surface area contributed by atoms with Crippen molar-refractivity contribution in [1.82, 2.24) is 0 Å². The molecule has 0 N–H and O–H groups in total. The lowest BCUT2D eigenvalue weighted by Crippen LogP contribution is -2.19. The van der Waals surface area contributed by atoms with Gasteiger partial charge in [-0.15, -0.1) is 5.73 Å². The Balaban J connectivity index is 4.26. The van der Waals surface area contributed by atoms with Gasteiger partial charge in [0.2, 0.25) is 0 Å². The molecule has 0 atom stereocenters. The molecule has 0 aliphatic carbocycles. The highest BCUT2D eigenvalue weighted by Gasteiger charge is 2.15. The Hall–Kier alpha value is 0.217. The van der Waals surface area contributed by atoms with Crippen LogP contribution in [0.2, 0.25) is 19.6 Å². The van der Waals surface area contributed by atoms with Gasteiger partial charge in [-0.3, -0.25) is 0 Å². The monoisotopic (exact) mass is 190 g/mol. The van der Waals surface area contributed by atoms with Gasteiger partial charge in [0.25, 0.3) is 0 Å². The van der Waals surface area contributed by atoms with Gasteiger partial charge in [-0.2, -0.15) is 0 Å². The van der Waals surface area contributed by atoms with Crippen molar-refractivity contribution < 1.29 is 0 Å². The number of hydrogen-bond donors (Lipinski definition) is 0. The minimum atomic E-state index is -1.10. The summed E-state index contributed by atoms with van der Waals surface area (Å²) in [5, 5.41) is 0. The van der Waals surface area contributed by atoms with Crippen LogP contribution < -0.4 is 0 Å². The third kappa shape index (κ3) is 2.51. The van der Waals surface area contributed by atoms with Gasteiger partial charge in [-0.05, 0) is 0 Å². The molecule has 0 aliphatic heterocycles. The number of hydrogen-bond acceptors (Lipinski definition) is 0. The molecular weight excluding hydrogens is 180 g/mol. The lowest BCUT2D eigenvalue weighted by Gasteiger charge is -2.11. The van der Waals surface area contributed by atoms with Gasteiger partial charge >= 0.3 is 0 Å². The van der Waals surface area contributed by atoms with Gasteiger partial charge in [0.05, 0.1) is 8.07 Å². The van der Waals surface area contributed by atoms with Crippen LogP contribution in [0.25, 0.3) is 0 Å². The lowest BCUT2D eigenvalue weighted by molar-refractivity contribution is 1.76. The summed E-state index contributed by atoms with van der Waals surface area (Å²) in [6.45, 7) is 10.3. The van der Waals surface area contributed by atoms with Gasteiger partial charge in [0.15, 0.2) is 0 Å². The van der Waals surface area contributed by atoms with E-state index in [0.29, 0.717) is 0 Å². The fourth-order valence-electron chi connectivity index (χ4n) is 0.265. The molecule has 46 valence electrons. The summed E-state index contributed by atoms with van der Waals surface area (Å²) >= 11 is 3.40. The van der Waals surface area contributed by atoms with Crippen LogP contribution >= 0.6 is 15.9 Å². The maximum absolute atomic E-state index is 3.55. The van der Waals surface area contributed by atoms with E-state index in [9.17, 15) is 0 Å². The summed E-state index contributed by atoms with van der Waals surface area (Å²) in [6.07, 6.45) is 0. The maximum atomic E-state index is 3.55. The molecule has 0 bridgehead atoms. The smallest absolute Gasteiger partial charge is 0.0965 e. The van der Waals surface area contributed by atoms with Crippen molar-refractivity contribution in [2.75, 3.05) is 0 Å². The molecule has 0 saturated heterocycles. The molecule has 0 fully saturated rings. The van der Waals surface area contributed by atoms with Crippen LogP contribution in [-0.4, -0.2) is 8.07 Å². The fourth-order valence-corrected chi connectivity index (χ4v) is 0.795. The first-order valence-electron chi connectivity index (χ1n) is 2.54. The molecule has 2 heteroatoms. The summed E-state index contributed by atoms with van der Waals surface area (Å²) in [7, 11) is -1.10. The summed E-state index contributed by atoms with van der Waals surface area (Å²) in [5.74, 6) is 0. The molecule has 0 aromatic rings. The Morgan fingerprint density at radius 2 is 1.88 bits per heavy atom. The molecule has 0 amide bonds. The first kappa shape index (κ1) is 8.22. The molecule has 0 spiro atoms. The van der Waals surface area contributed by atoms with Crippen molar-refractivity contribution in [1.29, 1.82) is 0 Å². The third-order valence-electron chi connectivity index (χ3n) is 0.814. The SMILES string of the molecule is C=C=C(Br)[Si](C)(C)C. The highest BCUT2D eigenvalue weighted by molar-refractivity contribution is 9.12. The van der Waals surface area contributed by atoms with Crippen LogP contribution in [-0.2, 0) is 0 Å². The minimum absolute atomic E-state index is 1.10. The average Bonchev–Trinajstić information content (AvgIpc) is 1.62. The van der Waals surface area contributed by atoms with E-state index in [1.54, 1.807) is 0 Å². The number of rotatable bonds is 1. The summed E-state index contributed by atoms with van der Waals surface area (Å²) in [4.78, 5) is 0. The molecule has 0 unspecified atom stereocenters. The Morgan fingerprint density at radius 1 is 1.50 bits per heavy atom. The van der Waals surface area contributed by atoms with E-state index in [1.165, 1.54) is 4.11 Å². The molecule has 0 aromatic heterocycles. The standard InChI is InChI=1S/C6H11BrSi/c1-5-6(7)8(2,3)4/h1H2,2-4H3. The maximum Gasteiger partial charge on any atom is 0.0965 e. The second-order valence-electron chi connectivity index (χ2n) is 2.74. The minimum Gasteiger partial charge on any atom is -0.122 e. The zero-order chi connectivity index (χ0) is 6.78. The Morgan fingerprint density at radius 3 is 1.88 bits per heavy atom. The Labute approximate surface area is 60.4 Å². The van der Waals surface area contributed by atoms with E-state index in [2.05, 4.69) is 47.9 Å². The molecule has 0 aliphatic rings. The summed E-state index contributed by atoms with van der Waals surface area (Å²) < 4.78 is 1.17. The van der Waals surface area contributed by atoms with Crippen LogP contribution in [0.15, 0.2) is 16.4 Å². The van der Waals surface area contributed by atoms with Crippen molar-refractivity contribution in [3.63, 3.8) is 0 Å². The van der Waals surface area contributed by atoms with Crippen molar-refractivity contribution in [3.05, 3.63) is 16.4 Å². The zero-order valence-corrected chi connectivity index (χ0v) is 8.17. The van der Waals surface area contributed by atoms with Gasteiger partial charge in [0, 0.05) is 4.11 Å². The van der Waals surface area contributed by atoms with Crippen LogP contribution in [0.1, 0.15) is 0 Å². The number of halogens is 1. The van der Waals surface area contributed by atoms with Crippen LogP contribution in [0, 0.1) is 0 Å². The molecule has 0 rings (SSSR count). The second-order valence-corrected chi connectivity index (χ2v) is 9.27. The van der Waals surface area contributed by atoms with Gasteiger partial charge in [-0.25, -0.2) is 0 Å². The van der Waals surface area contributed by atoms with Gasteiger partial charge < -0.3 is 0 Å². The van der Waals surface area contributed by atoms with E-state index in [4.69, 9.17) is 0 Å². The predicted octanol–water partition coefficient (Wildman–Crippen LogP) is 2.93. The first-order chi connectivity index (χ1) is 3.48. The predicted molar refractivity (Wildman–Crippen MR) is 44.9 cm³/mol. The second kappa shape index (κ2) is 2.67. The van der Waals surface area contributed by atoms with E-state index >= 15 is 0 Å². The van der Waals surface area contributed by atoms with Crippen LogP contribution in [0.3, 0.4) is 0 Å². The molecule has 0 radical (unpaired) electrons. The molecule has 8 heavy (non-hydrogen) atoms. The fraction of sp³-hybridized carbons (Fsp3) is 0.500. The topological polar surface area (TPSA) is 0 Å². The molecule has 0 heterocycles. The van der Waals surface area contributed by atoms with Crippen LogP contribution in [0.5, 0.6) is 0 Å². The Bertz CT molecular complexity index is 126. The van der Waals surface area contributed by atoms with Gasteiger partial charge in [0.1, 0.15) is 0 Å². The molecule has 0 nitrogen and oxygen atoms in total. The summed E-state index contributed by atoms with van der Waals surface area (Å²) in [6, 6.07) is 0. The van der Waals surface area contributed by atoms with E-state index in [0.717, 1.165) is 0 Å². The molecule has 0 saturated carbocycles. The largest absolute Gasteiger partial charge is 0.122 e. The molecular formula is C6H11BrSi. The van der Waals surface area contributed by atoms with Crippen molar-refractivity contribution in [2.45, 2.75) is 19.6 Å². The highest BCUT2D eigenvalue weighted by atomic mass is 79.9.